The van der Waals surface area contributed by atoms with Crippen LogP contribution in [0, 0.1) is 6.42 Å². The van der Waals surface area contributed by atoms with Gasteiger partial charge in [0.15, 0.2) is 0 Å². The van der Waals surface area contributed by atoms with E-state index in [2.05, 4.69) is 33.3 Å². The molecule has 3 fully saturated rings. The van der Waals surface area contributed by atoms with Crippen molar-refractivity contribution in [1.29, 1.82) is 0 Å². The van der Waals surface area contributed by atoms with Gasteiger partial charge in [0.1, 0.15) is 11.7 Å². The molecule has 17 heavy (non-hydrogen) atoms. The Morgan fingerprint density at radius 1 is 1.29 bits per heavy atom. The van der Waals surface area contributed by atoms with Crippen LogP contribution < -0.4 is 0 Å². The van der Waals surface area contributed by atoms with Crippen LogP contribution in [0.1, 0.15) is 52.9 Å². The molecular weight excluding hydrogens is 212 g/mol. The molecule has 2 heterocycles. The van der Waals surface area contributed by atoms with Crippen molar-refractivity contribution in [3.8, 4) is 0 Å². The van der Waals surface area contributed by atoms with E-state index in [9.17, 15) is 0 Å². The van der Waals surface area contributed by atoms with Crippen molar-refractivity contribution in [2.75, 3.05) is 0 Å². The SMILES string of the molecule is CC(C)=CC[C@H]1O[C@@]1(C)C1OC12CC[CH]CC2. The van der Waals surface area contributed by atoms with Gasteiger partial charge in [0.05, 0.1) is 11.7 Å². The summed E-state index contributed by atoms with van der Waals surface area (Å²) in [6.45, 7) is 6.52. The maximum atomic E-state index is 6.04. The fourth-order valence-electron chi connectivity index (χ4n) is 3.31. The number of rotatable bonds is 3. The van der Waals surface area contributed by atoms with Crippen molar-refractivity contribution in [2.24, 2.45) is 0 Å². The number of hydrogen-bond acceptors (Lipinski definition) is 2. The lowest BCUT2D eigenvalue weighted by atomic mass is 9.81. The van der Waals surface area contributed by atoms with Crippen molar-refractivity contribution in [1.82, 2.24) is 0 Å². The molecule has 0 N–H and O–H groups in total. The Bertz CT molecular complexity index is 337. The van der Waals surface area contributed by atoms with Crippen molar-refractivity contribution >= 4 is 0 Å². The molecule has 95 valence electrons. The minimum Gasteiger partial charge on any atom is -0.363 e. The zero-order valence-corrected chi connectivity index (χ0v) is 11.2. The second-order valence-electron chi connectivity index (χ2n) is 6.24. The van der Waals surface area contributed by atoms with Gasteiger partial charge < -0.3 is 9.47 Å². The molecule has 1 spiro atoms. The Hall–Kier alpha value is -0.340. The fraction of sp³-hybridized carbons (Fsp3) is 0.800. The van der Waals surface area contributed by atoms with Crippen LogP contribution >= 0.6 is 0 Å². The molecule has 0 aromatic rings. The predicted molar refractivity (Wildman–Crippen MR) is 67.7 cm³/mol. The van der Waals surface area contributed by atoms with Crippen molar-refractivity contribution < 1.29 is 9.47 Å². The van der Waals surface area contributed by atoms with Gasteiger partial charge >= 0.3 is 0 Å². The molecule has 1 saturated carbocycles. The summed E-state index contributed by atoms with van der Waals surface area (Å²) in [6.07, 6.45) is 11.3. The molecule has 3 atom stereocenters. The lowest BCUT2D eigenvalue weighted by Crippen LogP contribution is -2.29. The molecule has 0 amide bonds. The molecule has 2 heteroatoms. The van der Waals surface area contributed by atoms with Gasteiger partial charge in [0, 0.05) is 0 Å². The fourth-order valence-corrected chi connectivity index (χ4v) is 3.31. The molecule has 3 aliphatic rings. The summed E-state index contributed by atoms with van der Waals surface area (Å²) in [5.74, 6) is 0. The van der Waals surface area contributed by atoms with Crippen molar-refractivity contribution in [3.05, 3.63) is 18.1 Å². The van der Waals surface area contributed by atoms with E-state index in [1.165, 1.54) is 31.3 Å². The van der Waals surface area contributed by atoms with Gasteiger partial charge in [-0.2, -0.15) is 0 Å². The quantitative estimate of drug-likeness (QED) is 0.553. The number of epoxide rings is 2. The maximum absolute atomic E-state index is 6.04. The molecule has 0 aromatic carbocycles. The van der Waals surface area contributed by atoms with Gasteiger partial charge in [-0.15, -0.1) is 0 Å². The van der Waals surface area contributed by atoms with Crippen molar-refractivity contribution in [3.63, 3.8) is 0 Å². The first-order chi connectivity index (χ1) is 8.07. The van der Waals surface area contributed by atoms with Gasteiger partial charge in [-0.25, -0.2) is 0 Å². The summed E-state index contributed by atoms with van der Waals surface area (Å²) in [5, 5.41) is 0. The highest BCUT2D eigenvalue weighted by atomic mass is 16.7. The van der Waals surface area contributed by atoms with E-state index in [1.54, 1.807) is 0 Å². The van der Waals surface area contributed by atoms with Crippen LogP contribution in [0.25, 0.3) is 0 Å². The zero-order valence-electron chi connectivity index (χ0n) is 11.2. The molecular formula is C15H23O2. The van der Waals surface area contributed by atoms with Crippen LogP contribution in [0.4, 0.5) is 0 Å². The average Bonchev–Trinajstić information content (AvgIpc) is 3.16. The van der Waals surface area contributed by atoms with E-state index in [1.807, 2.05) is 0 Å². The van der Waals surface area contributed by atoms with E-state index in [0.717, 1.165) is 6.42 Å². The third-order valence-electron chi connectivity index (χ3n) is 4.56. The third kappa shape index (κ3) is 1.96. The van der Waals surface area contributed by atoms with Gasteiger partial charge in [-0.3, -0.25) is 0 Å². The Morgan fingerprint density at radius 3 is 2.65 bits per heavy atom. The first kappa shape index (κ1) is 11.7. The maximum Gasteiger partial charge on any atom is 0.121 e. The van der Waals surface area contributed by atoms with Crippen LogP contribution in [0.5, 0.6) is 0 Å². The smallest absolute Gasteiger partial charge is 0.121 e. The van der Waals surface area contributed by atoms with Crippen LogP contribution in [0.3, 0.4) is 0 Å². The molecule has 2 saturated heterocycles. The summed E-state index contributed by atoms with van der Waals surface area (Å²) in [5.41, 5.74) is 1.56. The monoisotopic (exact) mass is 235 g/mol. The first-order valence-electron chi connectivity index (χ1n) is 6.87. The minimum absolute atomic E-state index is 0.00326. The summed E-state index contributed by atoms with van der Waals surface area (Å²) < 4.78 is 12.0. The second-order valence-corrected chi connectivity index (χ2v) is 6.24. The number of hydrogen-bond donors (Lipinski definition) is 0. The van der Waals surface area contributed by atoms with Gasteiger partial charge in [-0.05, 0) is 59.3 Å². The zero-order chi connectivity index (χ0) is 12.1. The standard InChI is InChI=1S/C15H23O2/c1-11(2)7-8-12-14(3,16-12)13-15(17-13)9-5-4-6-10-15/h4,7,12-13H,5-6,8-10H2,1-3H3/t12-,13?,14-/m1/s1. The molecule has 2 aliphatic heterocycles. The van der Waals surface area contributed by atoms with Crippen LogP contribution in [0.15, 0.2) is 11.6 Å². The highest BCUT2D eigenvalue weighted by molar-refractivity contribution is 5.22. The summed E-state index contributed by atoms with van der Waals surface area (Å²) in [4.78, 5) is 0. The molecule has 0 aromatic heterocycles. The topological polar surface area (TPSA) is 25.1 Å². The Labute approximate surface area is 104 Å². The average molecular weight is 235 g/mol. The van der Waals surface area contributed by atoms with E-state index in [4.69, 9.17) is 9.47 Å². The van der Waals surface area contributed by atoms with Crippen LogP contribution in [-0.4, -0.2) is 23.4 Å². The Kier molecular flexibility index (Phi) is 2.64. The van der Waals surface area contributed by atoms with Gasteiger partial charge in [-0.1, -0.05) is 11.6 Å². The van der Waals surface area contributed by atoms with Gasteiger partial charge in [0.25, 0.3) is 0 Å². The lowest BCUT2D eigenvalue weighted by molar-refractivity contribution is 0.226. The van der Waals surface area contributed by atoms with E-state index in [0.29, 0.717) is 12.2 Å². The Balaban J connectivity index is 1.58. The first-order valence-corrected chi connectivity index (χ1v) is 6.87. The molecule has 1 radical (unpaired) electrons. The highest BCUT2D eigenvalue weighted by Gasteiger charge is 2.73. The summed E-state index contributed by atoms with van der Waals surface area (Å²) in [6, 6.07) is 0. The second kappa shape index (κ2) is 3.83. The largest absolute Gasteiger partial charge is 0.363 e. The molecule has 1 unspecified atom stereocenters. The molecule has 2 nitrogen and oxygen atoms in total. The predicted octanol–water partition coefficient (Wildman–Crippen LogP) is 3.42. The molecule has 3 rings (SSSR count). The summed E-state index contributed by atoms with van der Waals surface area (Å²) >= 11 is 0. The van der Waals surface area contributed by atoms with Gasteiger partial charge in [0.2, 0.25) is 0 Å². The Morgan fingerprint density at radius 2 is 2.00 bits per heavy atom. The van der Waals surface area contributed by atoms with E-state index >= 15 is 0 Å². The van der Waals surface area contributed by atoms with Crippen LogP contribution in [-0.2, 0) is 9.47 Å². The van der Waals surface area contributed by atoms with Crippen LogP contribution in [0.2, 0.25) is 0 Å². The minimum atomic E-state index is 0.00326. The van der Waals surface area contributed by atoms with E-state index < -0.39 is 0 Å². The summed E-state index contributed by atoms with van der Waals surface area (Å²) in [7, 11) is 0. The number of allylic oxidation sites excluding steroid dienone is 1. The lowest BCUT2D eigenvalue weighted by Gasteiger charge is -2.18. The molecule has 1 aliphatic carbocycles. The normalized spacial score (nSPS) is 42.3. The molecule has 0 bridgehead atoms. The van der Waals surface area contributed by atoms with E-state index in [-0.39, 0.29) is 11.2 Å². The van der Waals surface area contributed by atoms with Crippen molar-refractivity contribution in [2.45, 2.75) is 76.3 Å². The third-order valence-corrected chi connectivity index (χ3v) is 4.56. The highest BCUT2D eigenvalue weighted by Crippen LogP contribution is 2.60. The number of ether oxygens (including phenoxy) is 2.